The summed E-state index contributed by atoms with van der Waals surface area (Å²) < 4.78 is 78.8. The maximum atomic E-state index is 14.7. The molecule has 0 bridgehead atoms. The number of hydrogen-bond donors (Lipinski definition) is 1. The quantitative estimate of drug-likeness (QED) is 0.373. The van der Waals surface area contributed by atoms with E-state index in [9.17, 15) is 26.7 Å². The van der Waals surface area contributed by atoms with Gasteiger partial charge >= 0.3 is 6.18 Å². The van der Waals surface area contributed by atoms with Crippen LogP contribution in [0.3, 0.4) is 0 Å². The highest BCUT2D eigenvalue weighted by Gasteiger charge is 2.47. The van der Waals surface area contributed by atoms with Gasteiger partial charge < -0.3 is 19.7 Å². The molecule has 2 atom stereocenters. The Morgan fingerprint density at radius 3 is 2.49 bits per heavy atom. The zero-order valence-corrected chi connectivity index (χ0v) is 22.3. The average molecular weight is 572 g/mol. The molecule has 1 aliphatic heterocycles. The molecule has 0 spiro atoms. The summed E-state index contributed by atoms with van der Waals surface area (Å²) in [4.78, 5) is 27.2. The van der Waals surface area contributed by atoms with Crippen LogP contribution in [0.25, 0.3) is 10.4 Å². The lowest BCUT2D eigenvalue weighted by Gasteiger charge is -2.43. The molecule has 39 heavy (non-hydrogen) atoms. The van der Waals surface area contributed by atoms with Crippen LogP contribution in [0.15, 0.2) is 30.5 Å². The van der Waals surface area contributed by atoms with E-state index in [0.717, 1.165) is 12.0 Å². The molecule has 1 aliphatic rings. The molecule has 0 saturated carbocycles. The maximum Gasteiger partial charge on any atom is 0.423 e. The normalized spacial score (nSPS) is 19.1. The first-order valence-corrected chi connectivity index (χ1v) is 12.7. The second kappa shape index (κ2) is 10.9. The van der Waals surface area contributed by atoms with Crippen LogP contribution in [0.2, 0.25) is 0 Å². The number of thiazole rings is 1. The van der Waals surface area contributed by atoms with E-state index in [1.165, 1.54) is 18.4 Å². The summed E-state index contributed by atoms with van der Waals surface area (Å²) in [5, 5.41) is 3.37. The van der Waals surface area contributed by atoms with Crippen molar-refractivity contribution in [2.24, 2.45) is 5.92 Å². The minimum absolute atomic E-state index is 0.0463. The van der Waals surface area contributed by atoms with Crippen LogP contribution in [-0.4, -0.2) is 65.0 Å². The van der Waals surface area contributed by atoms with E-state index in [4.69, 9.17) is 9.47 Å². The van der Waals surface area contributed by atoms with E-state index in [2.05, 4.69) is 20.3 Å². The number of nitrogens with one attached hydrogen (secondary N) is 1. The van der Waals surface area contributed by atoms with Crippen molar-refractivity contribution < 1.29 is 36.2 Å². The van der Waals surface area contributed by atoms with Crippen molar-refractivity contribution in [3.63, 3.8) is 0 Å². The van der Waals surface area contributed by atoms with E-state index in [1.807, 2.05) is 0 Å². The van der Waals surface area contributed by atoms with Gasteiger partial charge in [0, 0.05) is 19.2 Å². The van der Waals surface area contributed by atoms with Crippen molar-refractivity contribution in [1.29, 1.82) is 0 Å². The highest BCUT2D eigenvalue weighted by molar-refractivity contribution is 7.15. The molecule has 3 heterocycles. The molecular weight excluding hydrogens is 545 g/mol. The van der Waals surface area contributed by atoms with Crippen molar-refractivity contribution in [2.75, 3.05) is 32.6 Å². The first-order valence-electron chi connectivity index (χ1n) is 11.9. The van der Waals surface area contributed by atoms with Gasteiger partial charge in [0.1, 0.15) is 17.0 Å². The van der Waals surface area contributed by atoms with Gasteiger partial charge in [-0.3, -0.25) is 4.79 Å². The standard InChI is InChI=1S/C25H26F5N5O3S/c1-13-9-24(26,27)12-35(18(13)11-32-23-31-10-17(25(28,29)30)21(34-23)38-4)22(36)19-20(39-14(2)33-19)15-5-7-16(37-3)8-6-15/h5-8,10,13,18H,9,11-12H2,1-4H3,(H,31,32,34)/t13-,18?/m1/s1. The minimum Gasteiger partial charge on any atom is -0.497 e. The topological polar surface area (TPSA) is 89.5 Å². The lowest BCUT2D eigenvalue weighted by Crippen LogP contribution is -2.57. The Labute approximate surface area is 225 Å². The van der Waals surface area contributed by atoms with E-state index in [1.54, 1.807) is 38.1 Å². The third-order valence-electron chi connectivity index (χ3n) is 6.35. The van der Waals surface area contributed by atoms with Gasteiger partial charge in [-0.2, -0.15) is 18.2 Å². The van der Waals surface area contributed by atoms with Crippen LogP contribution < -0.4 is 14.8 Å². The zero-order valence-electron chi connectivity index (χ0n) is 21.5. The molecule has 4 rings (SSSR count). The Bertz CT molecular complexity index is 1330. The lowest BCUT2D eigenvalue weighted by atomic mass is 9.88. The summed E-state index contributed by atoms with van der Waals surface area (Å²) in [6.07, 6.45) is -4.61. The van der Waals surface area contributed by atoms with Gasteiger partial charge in [0.05, 0.1) is 36.7 Å². The highest BCUT2D eigenvalue weighted by atomic mass is 32.1. The summed E-state index contributed by atoms with van der Waals surface area (Å²) >= 11 is 1.26. The molecule has 14 heteroatoms. The Morgan fingerprint density at radius 1 is 1.18 bits per heavy atom. The number of benzene rings is 1. The number of piperidine rings is 1. The van der Waals surface area contributed by atoms with Crippen LogP contribution >= 0.6 is 11.3 Å². The van der Waals surface area contributed by atoms with Crippen LogP contribution in [0.1, 0.15) is 34.4 Å². The number of likely N-dealkylation sites (tertiary alicyclic amines) is 1. The fourth-order valence-electron chi connectivity index (χ4n) is 4.52. The fraction of sp³-hybridized carbons (Fsp3) is 0.440. The monoisotopic (exact) mass is 571 g/mol. The molecule has 210 valence electrons. The zero-order chi connectivity index (χ0) is 28.5. The van der Waals surface area contributed by atoms with Gasteiger partial charge in [-0.1, -0.05) is 6.92 Å². The number of ether oxygens (including phenoxy) is 2. The summed E-state index contributed by atoms with van der Waals surface area (Å²) in [6.45, 7) is 2.39. The summed E-state index contributed by atoms with van der Waals surface area (Å²) in [6, 6.07) is 6.20. The van der Waals surface area contributed by atoms with Crippen molar-refractivity contribution in [3.05, 3.63) is 46.7 Å². The summed E-state index contributed by atoms with van der Waals surface area (Å²) in [5.74, 6) is -4.73. The minimum atomic E-state index is -4.72. The Balaban J connectivity index is 1.62. The number of aryl methyl sites for hydroxylation is 1. The molecule has 1 N–H and O–H groups in total. The molecular formula is C25H26F5N5O3S. The second-order valence-electron chi connectivity index (χ2n) is 9.17. The van der Waals surface area contributed by atoms with E-state index in [0.29, 0.717) is 27.4 Å². The van der Waals surface area contributed by atoms with Crippen LogP contribution in [0, 0.1) is 12.8 Å². The first-order chi connectivity index (χ1) is 18.3. The number of hydrogen-bond acceptors (Lipinski definition) is 8. The number of halogens is 5. The average Bonchev–Trinajstić information content (AvgIpc) is 3.27. The van der Waals surface area contributed by atoms with E-state index in [-0.39, 0.29) is 18.2 Å². The molecule has 8 nitrogen and oxygen atoms in total. The predicted molar refractivity (Wildman–Crippen MR) is 134 cm³/mol. The van der Waals surface area contributed by atoms with Gasteiger partial charge in [0.25, 0.3) is 11.8 Å². The first kappa shape index (κ1) is 28.5. The smallest absolute Gasteiger partial charge is 0.423 e. The number of anilines is 1. The van der Waals surface area contributed by atoms with Gasteiger partial charge in [0.2, 0.25) is 11.8 Å². The largest absolute Gasteiger partial charge is 0.497 e. The third-order valence-corrected chi connectivity index (χ3v) is 7.37. The Morgan fingerprint density at radius 2 is 1.87 bits per heavy atom. The number of rotatable bonds is 7. The van der Waals surface area contributed by atoms with Crippen molar-refractivity contribution in [1.82, 2.24) is 19.9 Å². The Kier molecular flexibility index (Phi) is 7.96. The molecule has 0 radical (unpaired) electrons. The molecule has 1 amide bonds. The summed E-state index contributed by atoms with van der Waals surface area (Å²) in [5.41, 5.74) is -0.422. The number of amides is 1. The Hall–Kier alpha value is -3.55. The predicted octanol–water partition coefficient (Wildman–Crippen LogP) is 5.54. The van der Waals surface area contributed by atoms with Gasteiger partial charge in [-0.15, -0.1) is 11.3 Å². The number of nitrogens with zero attached hydrogens (tertiary/aromatic N) is 4. The van der Waals surface area contributed by atoms with Gasteiger partial charge in [-0.05, 0) is 42.7 Å². The number of carbonyl (C=O) groups is 1. The van der Waals surface area contributed by atoms with Crippen LogP contribution in [0.5, 0.6) is 11.6 Å². The van der Waals surface area contributed by atoms with E-state index < -0.39 is 54.4 Å². The molecule has 3 aromatic rings. The van der Waals surface area contributed by atoms with Crippen molar-refractivity contribution in [3.8, 4) is 22.1 Å². The molecule has 1 aromatic carbocycles. The molecule has 2 aromatic heterocycles. The highest BCUT2D eigenvalue weighted by Crippen LogP contribution is 2.38. The van der Waals surface area contributed by atoms with Crippen LogP contribution in [0.4, 0.5) is 27.9 Å². The number of methoxy groups -OCH3 is 2. The SMILES string of the molecule is COc1ccc(-c2sc(C)nc2C(=O)N2CC(F)(F)C[C@@H](C)C2CNc2ncc(C(F)(F)F)c(OC)n2)cc1. The molecule has 1 fully saturated rings. The van der Waals surface area contributed by atoms with Crippen molar-refractivity contribution >= 4 is 23.2 Å². The third kappa shape index (κ3) is 6.21. The second-order valence-corrected chi connectivity index (χ2v) is 10.4. The lowest BCUT2D eigenvalue weighted by molar-refractivity contribution is -0.139. The number of alkyl halides is 5. The van der Waals surface area contributed by atoms with Gasteiger partial charge in [0.15, 0.2) is 0 Å². The van der Waals surface area contributed by atoms with Crippen LogP contribution in [-0.2, 0) is 6.18 Å². The fourth-order valence-corrected chi connectivity index (χ4v) is 5.44. The molecule has 1 saturated heterocycles. The van der Waals surface area contributed by atoms with Crippen molar-refractivity contribution in [2.45, 2.75) is 38.4 Å². The number of carbonyl (C=O) groups excluding carboxylic acids is 1. The molecule has 1 unspecified atom stereocenters. The summed E-state index contributed by atoms with van der Waals surface area (Å²) in [7, 11) is 2.57. The van der Waals surface area contributed by atoms with Gasteiger partial charge in [-0.25, -0.2) is 18.7 Å². The maximum absolute atomic E-state index is 14.7. The number of aromatic nitrogens is 3. The molecule has 0 aliphatic carbocycles. The van der Waals surface area contributed by atoms with E-state index >= 15 is 0 Å².